The Labute approximate surface area is 82.1 Å². The van der Waals surface area contributed by atoms with Crippen molar-refractivity contribution in [2.75, 3.05) is 19.5 Å². The number of nitrogens with zero attached hydrogens (tertiary/aromatic N) is 1. The van der Waals surface area contributed by atoms with Gasteiger partial charge in [0.1, 0.15) is 5.03 Å². The number of pyridine rings is 1. The molecule has 0 bridgehead atoms. The summed E-state index contributed by atoms with van der Waals surface area (Å²) in [7, 11) is 1.67. The second-order valence-electron chi connectivity index (χ2n) is 2.47. The van der Waals surface area contributed by atoms with Crippen molar-refractivity contribution in [3.8, 4) is 0 Å². The number of rotatable bonds is 5. The van der Waals surface area contributed by atoms with Crippen molar-refractivity contribution in [2.45, 2.75) is 11.6 Å². The van der Waals surface area contributed by atoms with E-state index in [4.69, 9.17) is 9.84 Å². The number of ether oxygens (including phenoxy) is 1. The van der Waals surface area contributed by atoms with Gasteiger partial charge in [-0.25, -0.2) is 4.98 Å². The van der Waals surface area contributed by atoms with Gasteiger partial charge >= 0.3 is 0 Å². The third kappa shape index (κ3) is 3.34. The van der Waals surface area contributed by atoms with Crippen LogP contribution in [0.4, 0.5) is 0 Å². The molecule has 0 spiro atoms. The second-order valence-corrected chi connectivity index (χ2v) is 3.55. The molecule has 0 radical (unpaired) electrons. The van der Waals surface area contributed by atoms with Gasteiger partial charge in [-0.3, -0.25) is 0 Å². The van der Waals surface area contributed by atoms with Crippen molar-refractivity contribution >= 4 is 11.8 Å². The minimum atomic E-state index is 0.0448. The first-order chi connectivity index (χ1) is 6.38. The van der Waals surface area contributed by atoms with E-state index in [-0.39, 0.29) is 6.61 Å². The lowest BCUT2D eigenvalue weighted by Gasteiger charge is -2.04. The summed E-state index contributed by atoms with van der Waals surface area (Å²) in [5.41, 5.74) is 0.878. The van der Waals surface area contributed by atoms with Gasteiger partial charge in [0.2, 0.25) is 0 Å². The monoisotopic (exact) mass is 199 g/mol. The smallest absolute Gasteiger partial charge is 0.102 e. The summed E-state index contributed by atoms with van der Waals surface area (Å²) >= 11 is 1.60. The molecule has 1 aromatic rings. The number of aliphatic hydroxyl groups excluding tert-OH is 1. The zero-order chi connectivity index (χ0) is 9.52. The lowest BCUT2D eigenvalue weighted by atomic mass is 10.3. The van der Waals surface area contributed by atoms with Crippen LogP contribution in [0.3, 0.4) is 0 Å². The minimum absolute atomic E-state index is 0.0448. The van der Waals surface area contributed by atoms with Gasteiger partial charge in [0.05, 0.1) is 13.2 Å². The van der Waals surface area contributed by atoms with Crippen LogP contribution in [-0.4, -0.2) is 29.6 Å². The van der Waals surface area contributed by atoms with Gasteiger partial charge < -0.3 is 9.84 Å². The molecule has 0 aliphatic carbocycles. The second kappa shape index (κ2) is 5.96. The third-order valence-electron chi connectivity index (χ3n) is 1.55. The van der Waals surface area contributed by atoms with Crippen LogP contribution in [0.15, 0.2) is 23.4 Å². The predicted octanol–water partition coefficient (Wildman–Crippen LogP) is 1.31. The van der Waals surface area contributed by atoms with Crippen LogP contribution in [0, 0.1) is 0 Å². The largest absolute Gasteiger partial charge is 0.392 e. The quantitative estimate of drug-likeness (QED) is 0.573. The van der Waals surface area contributed by atoms with Crippen molar-refractivity contribution in [2.24, 2.45) is 0 Å². The number of aromatic nitrogens is 1. The molecule has 0 atom stereocenters. The van der Waals surface area contributed by atoms with E-state index in [1.165, 1.54) is 0 Å². The zero-order valence-corrected chi connectivity index (χ0v) is 8.38. The van der Waals surface area contributed by atoms with Gasteiger partial charge in [-0.05, 0) is 6.07 Å². The van der Waals surface area contributed by atoms with E-state index in [2.05, 4.69) is 4.98 Å². The highest BCUT2D eigenvalue weighted by atomic mass is 32.2. The summed E-state index contributed by atoms with van der Waals surface area (Å²) in [6, 6.07) is 3.70. The summed E-state index contributed by atoms with van der Waals surface area (Å²) in [5.74, 6) is 0.862. The van der Waals surface area contributed by atoms with Gasteiger partial charge in [0, 0.05) is 24.6 Å². The van der Waals surface area contributed by atoms with Crippen molar-refractivity contribution in [1.29, 1.82) is 0 Å². The highest BCUT2D eigenvalue weighted by Crippen LogP contribution is 2.19. The molecular formula is C9H13NO2S. The molecular weight excluding hydrogens is 186 g/mol. The van der Waals surface area contributed by atoms with E-state index in [1.54, 1.807) is 25.1 Å². The Kier molecular flexibility index (Phi) is 4.82. The molecule has 0 saturated carbocycles. The molecule has 3 nitrogen and oxygen atoms in total. The highest BCUT2D eigenvalue weighted by Gasteiger charge is 2.01. The molecule has 1 rings (SSSR count). The molecule has 0 fully saturated rings. The molecule has 0 unspecified atom stereocenters. The first-order valence-electron chi connectivity index (χ1n) is 4.05. The molecule has 0 aliphatic rings. The molecule has 0 saturated heterocycles. The number of methoxy groups -OCH3 is 1. The molecule has 1 N–H and O–H groups in total. The normalized spacial score (nSPS) is 10.3. The fraction of sp³-hybridized carbons (Fsp3) is 0.444. The van der Waals surface area contributed by atoms with Crippen molar-refractivity contribution < 1.29 is 9.84 Å². The van der Waals surface area contributed by atoms with Crippen molar-refractivity contribution in [3.63, 3.8) is 0 Å². The molecule has 0 aliphatic heterocycles. The third-order valence-corrected chi connectivity index (χ3v) is 2.56. The van der Waals surface area contributed by atoms with Crippen LogP contribution in [0.2, 0.25) is 0 Å². The van der Waals surface area contributed by atoms with Gasteiger partial charge in [0.15, 0.2) is 0 Å². The van der Waals surface area contributed by atoms with Crippen LogP contribution in [0.25, 0.3) is 0 Å². The Morgan fingerprint density at radius 2 is 2.46 bits per heavy atom. The summed E-state index contributed by atoms with van der Waals surface area (Å²) in [6.45, 7) is 0.745. The molecule has 1 heterocycles. The Hall–Kier alpha value is -0.580. The van der Waals surface area contributed by atoms with Crippen LogP contribution < -0.4 is 0 Å². The van der Waals surface area contributed by atoms with Gasteiger partial charge in [0.25, 0.3) is 0 Å². The van der Waals surface area contributed by atoms with Crippen molar-refractivity contribution in [3.05, 3.63) is 23.9 Å². The van der Waals surface area contributed by atoms with Crippen LogP contribution >= 0.6 is 11.8 Å². The fourth-order valence-corrected chi connectivity index (χ4v) is 1.79. The Balaban J connectivity index is 2.54. The van der Waals surface area contributed by atoms with E-state index in [1.807, 2.05) is 12.1 Å². The maximum absolute atomic E-state index is 8.99. The summed E-state index contributed by atoms with van der Waals surface area (Å²) in [6.07, 6.45) is 1.73. The molecule has 0 amide bonds. The average Bonchev–Trinajstić information content (AvgIpc) is 2.19. The zero-order valence-electron chi connectivity index (χ0n) is 7.56. The van der Waals surface area contributed by atoms with Gasteiger partial charge in [-0.2, -0.15) is 0 Å². The average molecular weight is 199 g/mol. The van der Waals surface area contributed by atoms with E-state index in [9.17, 15) is 0 Å². The summed E-state index contributed by atoms with van der Waals surface area (Å²) in [5, 5.41) is 9.88. The first-order valence-corrected chi connectivity index (χ1v) is 5.03. The van der Waals surface area contributed by atoms with E-state index < -0.39 is 0 Å². The highest BCUT2D eigenvalue weighted by molar-refractivity contribution is 7.99. The molecule has 0 aromatic carbocycles. The maximum atomic E-state index is 8.99. The number of aliphatic hydroxyl groups is 1. The standard InChI is InChI=1S/C9H13NO2S/c1-12-5-6-13-9-8(7-11)3-2-4-10-9/h2-4,11H,5-7H2,1H3. The Bertz CT molecular complexity index is 255. The molecule has 1 aromatic heterocycles. The SMILES string of the molecule is COCCSc1ncccc1CO. The van der Waals surface area contributed by atoms with Crippen LogP contribution in [-0.2, 0) is 11.3 Å². The van der Waals surface area contributed by atoms with Crippen LogP contribution in [0.1, 0.15) is 5.56 Å². The summed E-state index contributed by atoms with van der Waals surface area (Å²) < 4.78 is 4.93. The van der Waals surface area contributed by atoms with E-state index in [0.29, 0.717) is 6.61 Å². The number of hydrogen-bond donors (Lipinski definition) is 1. The lowest BCUT2D eigenvalue weighted by Crippen LogP contribution is -1.95. The predicted molar refractivity (Wildman–Crippen MR) is 52.8 cm³/mol. The number of hydrogen-bond acceptors (Lipinski definition) is 4. The molecule has 13 heavy (non-hydrogen) atoms. The van der Waals surface area contributed by atoms with Gasteiger partial charge in [-0.1, -0.05) is 6.07 Å². The van der Waals surface area contributed by atoms with Gasteiger partial charge in [-0.15, -0.1) is 11.8 Å². The number of thioether (sulfide) groups is 1. The lowest BCUT2D eigenvalue weighted by molar-refractivity contribution is 0.218. The molecule has 4 heteroatoms. The summed E-state index contributed by atoms with van der Waals surface area (Å²) in [4.78, 5) is 4.17. The van der Waals surface area contributed by atoms with Crippen molar-refractivity contribution in [1.82, 2.24) is 4.98 Å². The fourth-order valence-electron chi connectivity index (χ4n) is 0.896. The Morgan fingerprint density at radius 3 is 3.15 bits per heavy atom. The van der Waals surface area contributed by atoms with E-state index in [0.717, 1.165) is 16.3 Å². The Morgan fingerprint density at radius 1 is 1.62 bits per heavy atom. The topological polar surface area (TPSA) is 42.4 Å². The minimum Gasteiger partial charge on any atom is -0.392 e. The molecule has 72 valence electrons. The first kappa shape index (κ1) is 10.5. The van der Waals surface area contributed by atoms with E-state index >= 15 is 0 Å². The van der Waals surface area contributed by atoms with Crippen LogP contribution in [0.5, 0.6) is 0 Å². The maximum Gasteiger partial charge on any atom is 0.102 e.